The van der Waals surface area contributed by atoms with Crippen LogP contribution in [0.5, 0.6) is 0 Å². The van der Waals surface area contributed by atoms with Crippen molar-refractivity contribution < 1.29 is 22.4 Å². The molecule has 1 spiro atoms. The van der Waals surface area contributed by atoms with Crippen LogP contribution < -0.4 is 5.32 Å². The lowest BCUT2D eigenvalue weighted by molar-refractivity contribution is -0.174. The quantitative estimate of drug-likeness (QED) is 0.794. The Kier molecular flexibility index (Phi) is 3.64. The molecule has 8 heteroatoms. The molecule has 21 heavy (non-hydrogen) atoms. The molecule has 1 amide bonds. The highest BCUT2D eigenvalue weighted by Crippen LogP contribution is 2.61. The summed E-state index contributed by atoms with van der Waals surface area (Å²) in [6, 6.07) is 3.36. The molecule has 0 aromatic heterocycles. The van der Waals surface area contributed by atoms with E-state index in [1.165, 1.54) is 12.1 Å². The monoisotopic (exact) mass is 337 g/mol. The molecule has 1 heterocycles. The highest BCUT2D eigenvalue weighted by Gasteiger charge is 2.49. The van der Waals surface area contributed by atoms with Crippen molar-refractivity contribution in [3.05, 3.63) is 35.1 Å². The van der Waals surface area contributed by atoms with Crippen LogP contribution in [0.2, 0.25) is 0 Å². The number of carbonyl (C=O) groups is 1. The van der Waals surface area contributed by atoms with Gasteiger partial charge in [-0.3, -0.25) is 4.79 Å². The number of hydrogen-bond donors (Lipinski definition) is 1. The molecule has 1 N–H and O–H groups in total. The molecule has 1 aromatic carbocycles. The number of rotatable bonds is 1. The molecule has 0 radical (unpaired) electrons. The molecule has 3 rings (SSSR count). The molecule has 1 aromatic rings. The molecule has 114 valence electrons. The van der Waals surface area contributed by atoms with Crippen LogP contribution in [0.25, 0.3) is 0 Å². The van der Waals surface area contributed by atoms with Gasteiger partial charge in [0, 0.05) is 11.5 Å². The van der Waals surface area contributed by atoms with Gasteiger partial charge in [-0.15, -0.1) is 23.5 Å². The highest BCUT2D eigenvalue weighted by molar-refractivity contribution is 8.20. The summed E-state index contributed by atoms with van der Waals surface area (Å²) in [5.41, 5.74) is 1.28. The Morgan fingerprint density at radius 2 is 1.95 bits per heavy atom. The second-order valence-corrected chi connectivity index (χ2v) is 7.96. The van der Waals surface area contributed by atoms with E-state index in [1.54, 1.807) is 29.6 Å². The summed E-state index contributed by atoms with van der Waals surface area (Å²) in [5.74, 6) is -0.708. The first-order valence-electron chi connectivity index (χ1n) is 6.27. The number of hydrogen-bond acceptors (Lipinski definition) is 3. The standard InChI is InChI=1S/C13H11F4NOS2/c14-7-1-2-9-8(5-7)10(18-11(19)13(15,16)17)6-12(9)20-3-4-21-12/h1-2,5,10H,3-4,6H2,(H,18,19). The minimum Gasteiger partial charge on any atom is -0.341 e. The molecular weight excluding hydrogens is 326 g/mol. The lowest BCUT2D eigenvalue weighted by Gasteiger charge is -2.23. The van der Waals surface area contributed by atoms with Gasteiger partial charge in [0.2, 0.25) is 0 Å². The van der Waals surface area contributed by atoms with E-state index in [2.05, 4.69) is 0 Å². The van der Waals surface area contributed by atoms with E-state index in [-0.39, 0.29) is 4.08 Å². The second kappa shape index (κ2) is 5.08. The van der Waals surface area contributed by atoms with Crippen LogP contribution >= 0.6 is 23.5 Å². The van der Waals surface area contributed by atoms with Crippen LogP contribution in [0.15, 0.2) is 18.2 Å². The summed E-state index contributed by atoms with van der Waals surface area (Å²) in [5, 5.41) is 2.00. The van der Waals surface area contributed by atoms with Gasteiger partial charge in [-0.25, -0.2) is 4.39 Å². The number of halogens is 4. The van der Waals surface area contributed by atoms with Crippen molar-refractivity contribution >= 4 is 29.4 Å². The maximum absolute atomic E-state index is 13.4. The van der Waals surface area contributed by atoms with E-state index in [0.717, 1.165) is 17.1 Å². The van der Waals surface area contributed by atoms with Crippen molar-refractivity contribution in [2.45, 2.75) is 22.7 Å². The normalized spacial score (nSPS) is 23.3. The first-order valence-corrected chi connectivity index (χ1v) is 8.24. The van der Waals surface area contributed by atoms with Crippen LogP contribution in [0.4, 0.5) is 17.6 Å². The lowest BCUT2D eigenvalue weighted by atomic mass is 10.1. The Morgan fingerprint density at radius 3 is 2.57 bits per heavy atom. The van der Waals surface area contributed by atoms with E-state index in [4.69, 9.17) is 0 Å². The molecule has 2 nitrogen and oxygen atoms in total. The molecule has 1 aliphatic carbocycles. The van der Waals surface area contributed by atoms with Crippen LogP contribution in [0, 0.1) is 5.82 Å². The van der Waals surface area contributed by atoms with E-state index in [0.29, 0.717) is 12.0 Å². The average Bonchev–Trinajstić information content (AvgIpc) is 2.96. The zero-order valence-electron chi connectivity index (χ0n) is 10.7. The third-order valence-corrected chi connectivity index (χ3v) is 7.08. The van der Waals surface area contributed by atoms with Crippen LogP contribution in [-0.2, 0) is 8.87 Å². The van der Waals surface area contributed by atoms with Crippen molar-refractivity contribution in [2.24, 2.45) is 0 Å². The largest absolute Gasteiger partial charge is 0.471 e. The number of alkyl halides is 3. The van der Waals surface area contributed by atoms with Gasteiger partial charge in [0.15, 0.2) is 0 Å². The molecule has 1 saturated heterocycles. The van der Waals surface area contributed by atoms with E-state index in [1.807, 2.05) is 5.32 Å². The van der Waals surface area contributed by atoms with Gasteiger partial charge in [0.05, 0.1) is 10.1 Å². The molecule has 0 bridgehead atoms. The van der Waals surface area contributed by atoms with Gasteiger partial charge >= 0.3 is 12.1 Å². The SMILES string of the molecule is O=C(NC1CC2(SCCS2)c2ccc(F)cc21)C(F)(F)F. The second-order valence-electron chi connectivity index (χ2n) is 4.91. The van der Waals surface area contributed by atoms with Crippen molar-refractivity contribution in [1.82, 2.24) is 5.32 Å². The zero-order valence-corrected chi connectivity index (χ0v) is 12.3. The van der Waals surface area contributed by atoms with Crippen LogP contribution in [-0.4, -0.2) is 23.6 Å². The van der Waals surface area contributed by atoms with Gasteiger partial charge in [0.1, 0.15) is 5.82 Å². The summed E-state index contributed by atoms with van der Waals surface area (Å²) < 4.78 is 50.4. The molecule has 0 saturated carbocycles. The van der Waals surface area contributed by atoms with E-state index >= 15 is 0 Å². The van der Waals surface area contributed by atoms with E-state index in [9.17, 15) is 22.4 Å². The third kappa shape index (κ3) is 2.63. The minimum absolute atomic E-state index is 0.350. The summed E-state index contributed by atoms with van der Waals surface area (Å²) in [6.07, 6.45) is -4.58. The van der Waals surface area contributed by atoms with Crippen LogP contribution in [0.3, 0.4) is 0 Å². The van der Waals surface area contributed by atoms with Crippen LogP contribution in [0.1, 0.15) is 23.6 Å². The topological polar surface area (TPSA) is 29.1 Å². The van der Waals surface area contributed by atoms with Gasteiger partial charge in [0.25, 0.3) is 0 Å². The van der Waals surface area contributed by atoms with E-state index < -0.39 is 23.9 Å². The smallest absolute Gasteiger partial charge is 0.341 e. The molecule has 1 atom stereocenters. The number of thioether (sulfide) groups is 2. The fourth-order valence-corrected chi connectivity index (χ4v) is 6.17. The fraction of sp³-hybridized carbons (Fsp3) is 0.462. The van der Waals surface area contributed by atoms with Crippen molar-refractivity contribution in [3.63, 3.8) is 0 Å². The maximum atomic E-state index is 13.4. The molecule has 1 fully saturated rings. The predicted octanol–water partition coefficient (Wildman–Crippen LogP) is 3.58. The molecular formula is C13H11F4NOS2. The first-order chi connectivity index (χ1) is 9.82. The minimum atomic E-state index is -4.93. The van der Waals surface area contributed by atoms with Gasteiger partial charge in [-0.1, -0.05) is 6.07 Å². The number of carbonyl (C=O) groups excluding carboxylic acids is 1. The highest BCUT2D eigenvalue weighted by atomic mass is 32.2. The van der Waals surface area contributed by atoms with Gasteiger partial charge in [-0.2, -0.15) is 13.2 Å². The third-order valence-electron chi connectivity index (χ3n) is 3.59. The summed E-state index contributed by atoms with van der Waals surface area (Å²) in [4.78, 5) is 11.2. The number of amides is 1. The summed E-state index contributed by atoms with van der Waals surface area (Å²) in [6.45, 7) is 0. The number of benzene rings is 1. The van der Waals surface area contributed by atoms with Crippen molar-refractivity contribution in [3.8, 4) is 0 Å². The Bertz CT molecular complexity index is 584. The number of fused-ring (bicyclic) bond motifs is 2. The molecule has 2 aliphatic rings. The summed E-state index contributed by atoms with van der Waals surface area (Å²) in [7, 11) is 0. The van der Waals surface area contributed by atoms with Crippen molar-refractivity contribution in [2.75, 3.05) is 11.5 Å². The Balaban J connectivity index is 1.94. The van der Waals surface area contributed by atoms with Crippen molar-refractivity contribution in [1.29, 1.82) is 0 Å². The van der Waals surface area contributed by atoms with Gasteiger partial charge < -0.3 is 5.32 Å². The number of nitrogens with one attached hydrogen (secondary N) is 1. The first kappa shape index (κ1) is 15.0. The fourth-order valence-electron chi connectivity index (χ4n) is 2.75. The predicted molar refractivity (Wildman–Crippen MR) is 74.5 cm³/mol. The lowest BCUT2D eigenvalue weighted by Crippen LogP contribution is -2.38. The Morgan fingerprint density at radius 1 is 1.29 bits per heavy atom. The average molecular weight is 337 g/mol. The maximum Gasteiger partial charge on any atom is 0.471 e. The molecule has 1 unspecified atom stereocenters. The molecule has 1 aliphatic heterocycles. The Hall–Kier alpha value is -0.890. The zero-order chi connectivity index (χ0) is 15.3. The summed E-state index contributed by atoms with van der Waals surface area (Å²) >= 11 is 3.29. The van der Waals surface area contributed by atoms with Gasteiger partial charge in [-0.05, 0) is 29.7 Å². The Labute approximate surface area is 127 Å².